The molecule has 4 rings (SSSR count). The molecule has 0 aliphatic carbocycles. The Morgan fingerprint density at radius 1 is 1.18 bits per heavy atom. The van der Waals surface area contributed by atoms with Crippen molar-refractivity contribution < 1.29 is 27.7 Å². The highest BCUT2D eigenvalue weighted by molar-refractivity contribution is 7.92. The van der Waals surface area contributed by atoms with Crippen LogP contribution >= 0.6 is 0 Å². The molecule has 0 saturated heterocycles. The predicted octanol–water partition coefficient (Wildman–Crippen LogP) is 3.75. The number of nitrogens with one attached hydrogen (secondary N) is 3. The maximum atomic E-state index is 12.5. The van der Waals surface area contributed by atoms with Gasteiger partial charge in [0.2, 0.25) is 16.0 Å². The summed E-state index contributed by atoms with van der Waals surface area (Å²) in [6.07, 6.45) is 5.06. The number of hydrogen-bond donors (Lipinski definition) is 4. The van der Waals surface area contributed by atoms with Gasteiger partial charge in [-0.05, 0) is 30.2 Å². The quantitative estimate of drug-likeness (QED) is 0.252. The van der Waals surface area contributed by atoms with Crippen LogP contribution in [0.5, 0.6) is 17.2 Å². The van der Waals surface area contributed by atoms with Crippen LogP contribution < -0.4 is 34.5 Å². The number of hydrogen-bond acceptors (Lipinski definition) is 11. The van der Waals surface area contributed by atoms with E-state index >= 15 is 0 Å². The van der Waals surface area contributed by atoms with E-state index in [4.69, 9.17) is 14.2 Å². The van der Waals surface area contributed by atoms with Crippen LogP contribution in [-0.2, 0) is 16.4 Å². The van der Waals surface area contributed by atoms with Gasteiger partial charge in [0.25, 0.3) is 0 Å². The molecule has 4 N–H and O–H groups in total. The largest absolute Gasteiger partial charge is 0.494 e. The van der Waals surface area contributed by atoms with Crippen molar-refractivity contribution in [3.05, 3.63) is 48.2 Å². The first-order valence-corrected chi connectivity index (χ1v) is 14.5. The predicted molar refractivity (Wildman–Crippen MR) is 157 cm³/mol. The molecule has 0 saturated carbocycles. The monoisotopic (exact) mass is 570 g/mol. The summed E-state index contributed by atoms with van der Waals surface area (Å²) in [5, 5.41) is 18.9. The fourth-order valence-electron chi connectivity index (χ4n) is 4.17. The second kappa shape index (κ2) is 12.3. The molecule has 1 aliphatic heterocycles. The van der Waals surface area contributed by atoms with E-state index in [0.717, 1.165) is 28.2 Å². The summed E-state index contributed by atoms with van der Waals surface area (Å²) in [6.45, 7) is 6.98. The zero-order valence-corrected chi connectivity index (χ0v) is 23.8. The molecule has 40 heavy (non-hydrogen) atoms. The van der Waals surface area contributed by atoms with Gasteiger partial charge in [0.15, 0.2) is 11.5 Å². The molecule has 0 atom stereocenters. The molecular weight excluding hydrogens is 536 g/mol. The Morgan fingerprint density at radius 3 is 2.62 bits per heavy atom. The lowest BCUT2D eigenvalue weighted by Gasteiger charge is -2.28. The molecule has 12 nitrogen and oxygen atoms in total. The minimum Gasteiger partial charge on any atom is -0.494 e. The number of fused-ring (bicyclic) bond motifs is 1. The number of anilines is 6. The second-order valence-electron chi connectivity index (χ2n) is 8.88. The SMILES string of the molecule is C=Cc1cnc(Nc2cc(CC)c(NCCO)cc2OC)nc1Nc1ccc2c(c1N(C)S(C)(=O)=O)OCCO2. The number of methoxy groups -OCH3 is 1. The number of aryl methyl sites for hydroxylation is 1. The fourth-order valence-corrected chi connectivity index (χ4v) is 4.68. The lowest BCUT2D eigenvalue weighted by Crippen LogP contribution is -2.28. The van der Waals surface area contributed by atoms with Crippen LogP contribution in [0.25, 0.3) is 6.08 Å². The minimum atomic E-state index is -3.63. The average Bonchev–Trinajstić information content (AvgIpc) is 2.95. The first kappa shape index (κ1) is 28.8. The number of aromatic nitrogens is 2. The Kier molecular flexibility index (Phi) is 8.85. The van der Waals surface area contributed by atoms with Crippen molar-refractivity contribution in [2.75, 3.05) is 67.0 Å². The van der Waals surface area contributed by atoms with Crippen molar-refractivity contribution >= 4 is 50.6 Å². The second-order valence-corrected chi connectivity index (χ2v) is 10.9. The minimum absolute atomic E-state index is 0.00972. The van der Waals surface area contributed by atoms with E-state index < -0.39 is 10.0 Å². The van der Waals surface area contributed by atoms with Gasteiger partial charge < -0.3 is 35.3 Å². The van der Waals surface area contributed by atoms with Gasteiger partial charge >= 0.3 is 0 Å². The molecular formula is C27H34N6O6S. The van der Waals surface area contributed by atoms with Crippen LogP contribution in [0.3, 0.4) is 0 Å². The Hall–Kier alpha value is -4.23. The summed E-state index contributed by atoms with van der Waals surface area (Å²) < 4.78 is 43.3. The van der Waals surface area contributed by atoms with Gasteiger partial charge in [0, 0.05) is 37.1 Å². The van der Waals surface area contributed by atoms with E-state index in [0.29, 0.717) is 58.8 Å². The number of rotatable bonds is 12. The zero-order chi connectivity index (χ0) is 28.9. The van der Waals surface area contributed by atoms with E-state index in [1.165, 1.54) is 7.05 Å². The Balaban J connectivity index is 1.73. The Labute approximate surface area is 234 Å². The van der Waals surface area contributed by atoms with Crippen molar-refractivity contribution in [3.63, 3.8) is 0 Å². The van der Waals surface area contributed by atoms with Crippen molar-refractivity contribution in [2.45, 2.75) is 13.3 Å². The molecule has 0 spiro atoms. The molecule has 0 radical (unpaired) electrons. The van der Waals surface area contributed by atoms with Gasteiger partial charge in [0.1, 0.15) is 30.5 Å². The Morgan fingerprint density at radius 2 is 1.95 bits per heavy atom. The number of nitrogens with zero attached hydrogens (tertiary/aromatic N) is 3. The van der Waals surface area contributed by atoms with Crippen LogP contribution in [0.4, 0.5) is 34.5 Å². The van der Waals surface area contributed by atoms with Gasteiger partial charge in [-0.3, -0.25) is 4.31 Å². The first-order valence-electron chi connectivity index (χ1n) is 12.7. The maximum absolute atomic E-state index is 12.5. The molecule has 0 fully saturated rings. The summed E-state index contributed by atoms with van der Waals surface area (Å²) >= 11 is 0. The van der Waals surface area contributed by atoms with Crippen LogP contribution in [0.1, 0.15) is 18.1 Å². The summed E-state index contributed by atoms with van der Waals surface area (Å²) in [7, 11) is -0.615. The number of sulfonamides is 1. The normalized spacial score (nSPS) is 12.4. The van der Waals surface area contributed by atoms with E-state index in [1.54, 1.807) is 31.5 Å². The van der Waals surface area contributed by atoms with E-state index in [1.807, 2.05) is 19.1 Å². The number of aliphatic hydroxyl groups is 1. The fraction of sp³-hybridized carbons (Fsp3) is 0.333. The highest BCUT2D eigenvalue weighted by Gasteiger charge is 2.27. The lowest BCUT2D eigenvalue weighted by atomic mass is 10.1. The topological polar surface area (TPSA) is 147 Å². The van der Waals surface area contributed by atoms with Crippen LogP contribution in [0.2, 0.25) is 0 Å². The molecule has 13 heteroatoms. The first-order chi connectivity index (χ1) is 19.2. The lowest BCUT2D eigenvalue weighted by molar-refractivity contribution is 0.172. The molecule has 0 bridgehead atoms. The molecule has 2 heterocycles. The van der Waals surface area contributed by atoms with Crippen molar-refractivity contribution in [1.29, 1.82) is 0 Å². The van der Waals surface area contributed by atoms with Crippen molar-refractivity contribution in [1.82, 2.24) is 9.97 Å². The van der Waals surface area contributed by atoms with E-state index in [9.17, 15) is 13.5 Å². The summed E-state index contributed by atoms with van der Waals surface area (Å²) in [4.78, 5) is 9.09. The smallest absolute Gasteiger partial charge is 0.232 e. The van der Waals surface area contributed by atoms with Crippen LogP contribution in [-0.4, -0.2) is 70.3 Å². The van der Waals surface area contributed by atoms with Crippen LogP contribution in [0.15, 0.2) is 37.0 Å². The van der Waals surface area contributed by atoms with E-state index in [2.05, 4.69) is 32.5 Å². The molecule has 0 amide bonds. The summed E-state index contributed by atoms with van der Waals surface area (Å²) in [6, 6.07) is 7.22. The molecule has 3 aromatic rings. The molecule has 214 valence electrons. The summed E-state index contributed by atoms with van der Waals surface area (Å²) in [5.41, 5.74) is 3.87. The molecule has 2 aromatic carbocycles. The van der Waals surface area contributed by atoms with E-state index in [-0.39, 0.29) is 19.2 Å². The maximum Gasteiger partial charge on any atom is 0.232 e. The molecule has 1 aliphatic rings. The highest BCUT2D eigenvalue weighted by Crippen LogP contribution is 2.46. The third-order valence-electron chi connectivity index (χ3n) is 6.27. The third kappa shape index (κ3) is 6.15. The molecule has 1 aromatic heterocycles. The Bertz CT molecular complexity index is 1500. The number of benzene rings is 2. The van der Waals surface area contributed by atoms with Crippen LogP contribution in [0, 0.1) is 0 Å². The zero-order valence-electron chi connectivity index (χ0n) is 22.9. The highest BCUT2D eigenvalue weighted by atomic mass is 32.2. The summed E-state index contributed by atoms with van der Waals surface area (Å²) in [5.74, 6) is 2.01. The third-order valence-corrected chi connectivity index (χ3v) is 7.44. The van der Waals surface area contributed by atoms with Crippen molar-refractivity contribution in [2.24, 2.45) is 0 Å². The van der Waals surface area contributed by atoms with Gasteiger partial charge in [-0.2, -0.15) is 4.98 Å². The number of aliphatic hydroxyl groups excluding tert-OH is 1. The van der Waals surface area contributed by atoms with Gasteiger partial charge in [-0.15, -0.1) is 0 Å². The van der Waals surface area contributed by atoms with Gasteiger partial charge in [-0.1, -0.05) is 19.6 Å². The standard InChI is InChI=1S/C27H34N6O6S/c1-6-17-14-21(23(37-4)15-20(17)28-10-11-34)31-27-29-16-18(7-2)26(32-27)30-19-8-9-22-25(39-13-12-38-22)24(19)33(3)40(5,35)36/h7-9,14-16,28,34H,2,6,10-13H2,1,3-5H3,(H2,29,30,31,32). The number of ether oxygens (including phenoxy) is 3. The van der Waals surface area contributed by atoms with Gasteiger partial charge in [0.05, 0.1) is 31.3 Å². The van der Waals surface area contributed by atoms with Crippen molar-refractivity contribution in [3.8, 4) is 17.2 Å². The molecule has 0 unspecified atom stereocenters. The van der Waals surface area contributed by atoms with Gasteiger partial charge in [-0.25, -0.2) is 13.4 Å². The average molecular weight is 571 g/mol.